The number of hydrogen-bond acceptors (Lipinski definition) is 2. The molecule has 2 aromatic heterocycles. The molecule has 0 aliphatic heterocycles. The van der Waals surface area contributed by atoms with Crippen LogP contribution in [-0.4, -0.2) is 26.0 Å². The molecule has 0 saturated carbocycles. The minimum Gasteiger partial charge on any atom is -0.274 e. The molecule has 0 aromatic carbocycles. The van der Waals surface area contributed by atoms with Crippen molar-refractivity contribution >= 4 is 27.5 Å². The van der Waals surface area contributed by atoms with Crippen LogP contribution in [-0.2, 0) is 20.0 Å². The Morgan fingerprint density at radius 3 is 2.61 bits per heavy atom. The molecule has 0 N–H and O–H groups in total. The highest BCUT2D eigenvalue weighted by atomic mass is 79.9. The highest BCUT2D eigenvalue weighted by Gasteiger charge is 2.13. The van der Waals surface area contributed by atoms with E-state index in [1.807, 2.05) is 6.20 Å². The molecule has 2 rings (SSSR count). The highest BCUT2D eigenvalue weighted by Crippen LogP contribution is 2.22. The minimum absolute atomic E-state index is 0.242. The molecule has 0 saturated heterocycles. The van der Waals surface area contributed by atoms with E-state index in [0.29, 0.717) is 16.6 Å². The molecule has 2 heterocycles. The van der Waals surface area contributed by atoms with Crippen LogP contribution in [0.2, 0.25) is 5.15 Å². The summed E-state index contributed by atoms with van der Waals surface area (Å²) >= 11 is 9.24. The van der Waals surface area contributed by atoms with Crippen LogP contribution in [0.4, 0.5) is 8.78 Å². The third kappa shape index (κ3) is 3.08. The molecule has 0 amide bonds. The Morgan fingerprint density at radius 1 is 1.33 bits per heavy atom. The van der Waals surface area contributed by atoms with Crippen molar-refractivity contribution in [1.82, 2.24) is 19.6 Å². The molecule has 0 bridgehead atoms. The van der Waals surface area contributed by atoms with Gasteiger partial charge in [0.05, 0.1) is 0 Å². The number of aromatic nitrogens is 4. The Hall–Kier alpha value is -0.950. The SMILES string of the molecule is Cn1cc(Cc2cn(CC(F)F)nc2Cl)c(Br)n1. The standard InChI is InChI=1S/C10H10BrClF2N4/c1-17-3-6(9(11)15-17)2-7-4-18(5-8(13)14)16-10(7)12/h3-4,8H,2,5H2,1H3. The topological polar surface area (TPSA) is 35.6 Å². The Balaban J connectivity index is 2.19. The van der Waals surface area contributed by atoms with E-state index in [2.05, 4.69) is 26.1 Å². The molecule has 0 radical (unpaired) electrons. The van der Waals surface area contributed by atoms with Crippen molar-refractivity contribution in [2.45, 2.75) is 19.4 Å². The van der Waals surface area contributed by atoms with Gasteiger partial charge in [-0.05, 0) is 15.9 Å². The molecule has 2 aromatic rings. The van der Waals surface area contributed by atoms with Crippen molar-refractivity contribution in [3.8, 4) is 0 Å². The summed E-state index contributed by atoms with van der Waals surface area (Å²) < 4.78 is 28.0. The van der Waals surface area contributed by atoms with Crippen LogP contribution in [0.25, 0.3) is 0 Å². The maximum Gasteiger partial charge on any atom is 0.257 e. The zero-order chi connectivity index (χ0) is 13.3. The van der Waals surface area contributed by atoms with Gasteiger partial charge in [-0.2, -0.15) is 10.2 Å². The molecule has 0 spiro atoms. The molecule has 8 heteroatoms. The molecule has 0 aliphatic carbocycles. The van der Waals surface area contributed by atoms with Crippen molar-refractivity contribution < 1.29 is 8.78 Å². The quantitative estimate of drug-likeness (QED) is 0.858. The normalized spacial score (nSPS) is 11.4. The minimum atomic E-state index is -2.45. The fourth-order valence-corrected chi connectivity index (χ4v) is 2.33. The first-order valence-electron chi connectivity index (χ1n) is 5.13. The molecule has 0 aliphatic rings. The zero-order valence-corrected chi connectivity index (χ0v) is 11.8. The third-order valence-corrected chi connectivity index (χ3v) is 3.33. The highest BCUT2D eigenvalue weighted by molar-refractivity contribution is 9.10. The third-order valence-electron chi connectivity index (χ3n) is 2.35. The van der Waals surface area contributed by atoms with E-state index in [0.717, 1.165) is 10.2 Å². The lowest BCUT2D eigenvalue weighted by Crippen LogP contribution is -2.06. The molecule has 98 valence electrons. The number of rotatable bonds is 4. The number of halogens is 4. The summed E-state index contributed by atoms with van der Waals surface area (Å²) in [6, 6.07) is 0. The molecule has 0 fully saturated rings. The van der Waals surface area contributed by atoms with Gasteiger partial charge < -0.3 is 0 Å². The van der Waals surface area contributed by atoms with Crippen LogP contribution in [0.3, 0.4) is 0 Å². The predicted molar refractivity (Wildman–Crippen MR) is 67.0 cm³/mol. The van der Waals surface area contributed by atoms with Crippen molar-refractivity contribution in [2.24, 2.45) is 7.05 Å². The largest absolute Gasteiger partial charge is 0.274 e. The smallest absolute Gasteiger partial charge is 0.257 e. The van der Waals surface area contributed by atoms with E-state index in [1.54, 1.807) is 11.7 Å². The summed E-state index contributed by atoms with van der Waals surface area (Å²) in [6.07, 6.45) is 1.42. The fourth-order valence-electron chi connectivity index (χ4n) is 1.63. The van der Waals surface area contributed by atoms with Gasteiger partial charge >= 0.3 is 0 Å². The Morgan fingerprint density at radius 2 is 2.06 bits per heavy atom. The van der Waals surface area contributed by atoms with Gasteiger partial charge in [-0.25, -0.2) is 8.78 Å². The van der Waals surface area contributed by atoms with Crippen molar-refractivity contribution in [3.63, 3.8) is 0 Å². The second-order valence-corrected chi connectivity index (χ2v) is 4.96. The van der Waals surface area contributed by atoms with E-state index < -0.39 is 13.0 Å². The molecular formula is C10H10BrClF2N4. The van der Waals surface area contributed by atoms with Gasteiger partial charge in [-0.15, -0.1) is 0 Å². The van der Waals surface area contributed by atoms with Crippen LogP contribution in [0.5, 0.6) is 0 Å². The molecule has 0 unspecified atom stereocenters. The first-order valence-corrected chi connectivity index (χ1v) is 6.31. The second kappa shape index (κ2) is 5.36. The predicted octanol–water partition coefficient (Wildman–Crippen LogP) is 2.89. The first-order chi connectivity index (χ1) is 8.45. The maximum atomic E-state index is 12.2. The zero-order valence-electron chi connectivity index (χ0n) is 9.45. The van der Waals surface area contributed by atoms with Crippen LogP contribution >= 0.6 is 27.5 Å². The van der Waals surface area contributed by atoms with E-state index in [9.17, 15) is 8.78 Å². The van der Waals surface area contributed by atoms with E-state index >= 15 is 0 Å². The van der Waals surface area contributed by atoms with Crippen LogP contribution in [0.15, 0.2) is 17.0 Å². The van der Waals surface area contributed by atoms with E-state index in [-0.39, 0.29) is 5.15 Å². The van der Waals surface area contributed by atoms with Gasteiger partial charge in [-0.1, -0.05) is 11.6 Å². The van der Waals surface area contributed by atoms with E-state index in [1.165, 1.54) is 6.20 Å². The van der Waals surface area contributed by atoms with Crippen LogP contribution in [0.1, 0.15) is 11.1 Å². The summed E-state index contributed by atoms with van der Waals surface area (Å²) in [7, 11) is 1.80. The van der Waals surface area contributed by atoms with Gasteiger partial charge in [-0.3, -0.25) is 9.36 Å². The average molecular weight is 340 g/mol. The Labute approximate surface area is 116 Å². The van der Waals surface area contributed by atoms with Gasteiger partial charge in [0.15, 0.2) is 5.15 Å². The van der Waals surface area contributed by atoms with Crippen LogP contribution < -0.4 is 0 Å². The molecular weight excluding hydrogens is 329 g/mol. The Bertz CT molecular complexity index is 552. The van der Waals surface area contributed by atoms with Crippen molar-refractivity contribution in [3.05, 3.63) is 33.3 Å². The number of nitrogens with zero attached hydrogens (tertiary/aromatic N) is 4. The summed E-state index contributed by atoms with van der Waals surface area (Å²) in [5.74, 6) is 0. The lowest BCUT2D eigenvalue weighted by atomic mass is 10.2. The fraction of sp³-hybridized carbons (Fsp3) is 0.400. The number of alkyl halides is 2. The average Bonchev–Trinajstić information content (AvgIpc) is 2.71. The van der Waals surface area contributed by atoms with Gasteiger partial charge in [0, 0.05) is 37.0 Å². The number of aryl methyl sites for hydroxylation is 1. The second-order valence-electron chi connectivity index (χ2n) is 3.85. The lowest BCUT2D eigenvalue weighted by Gasteiger charge is -1.97. The maximum absolute atomic E-state index is 12.2. The van der Waals surface area contributed by atoms with Crippen molar-refractivity contribution in [2.75, 3.05) is 0 Å². The Kier molecular flexibility index (Phi) is 4.01. The van der Waals surface area contributed by atoms with E-state index in [4.69, 9.17) is 11.6 Å². The molecule has 4 nitrogen and oxygen atoms in total. The number of hydrogen-bond donors (Lipinski definition) is 0. The lowest BCUT2D eigenvalue weighted by molar-refractivity contribution is 0.122. The van der Waals surface area contributed by atoms with Crippen LogP contribution in [0, 0.1) is 0 Å². The van der Waals surface area contributed by atoms with Gasteiger partial charge in [0.1, 0.15) is 11.1 Å². The summed E-state index contributed by atoms with van der Waals surface area (Å²) in [5.41, 5.74) is 1.63. The molecule has 0 atom stereocenters. The van der Waals surface area contributed by atoms with Gasteiger partial charge in [0.25, 0.3) is 6.43 Å². The summed E-state index contributed by atoms with van der Waals surface area (Å²) in [4.78, 5) is 0. The first kappa shape index (κ1) is 13.5. The molecule has 18 heavy (non-hydrogen) atoms. The van der Waals surface area contributed by atoms with Gasteiger partial charge in [0.2, 0.25) is 0 Å². The monoisotopic (exact) mass is 338 g/mol. The van der Waals surface area contributed by atoms with Crippen molar-refractivity contribution in [1.29, 1.82) is 0 Å². The summed E-state index contributed by atoms with van der Waals surface area (Å²) in [5, 5.41) is 8.22. The summed E-state index contributed by atoms with van der Waals surface area (Å²) in [6.45, 7) is -0.450.